The molecule has 5 nitrogen and oxygen atoms in total. The smallest absolute Gasteiger partial charge is 0.308 e. The topological polar surface area (TPSA) is 82.2 Å². The van der Waals surface area contributed by atoms with Crippen molar-refractivity contribution in [1.29, 1.82) is 0 Å². The molecule has 2 unspecified atom stereocenters. The zero-order valence-electron chi connectivity index (χ0n) is 14.9. The Kier molecular flexibility index (Phi) is 4.84. The lowest BCUT2D eigenvalue weighted by molar-refractivity contribution is -0.146. The Morgan fingerprint density at radius 2 is 2.16 bits per heavy atom. The minimum Gasteiger partial charge on any atom is -0.481 e. The summed E-state index contributed by atoms with van der Waals surface area (Å²) in [5, 5.41) is 13.6. The number of aryl methyl sites for hydroxylation is 2. The quantitative estimate of drug-likeness (QED) is 0.777. The first kappa shape index (κ1) is 17.5. The predicted octanol–water partition coefficient (Wildman–Crippen LogP) is 3.56. The Morgan fingerprint density at radius 1 is 1.36 bits per heavy atom. The molecule has 3 N–H and O–H groups in total. The Balaban J connectivity index is 1.65. The SMILES string of the molecule is Cc1ccc2[nH]cc(CCC(=O)NC3(C)CCCCC3C(=O)O)c2c1. The fourth-order valence-corrected chi connectivity index (χ4v) is 4.01. The van der Waals surface area contributed by atoms with E-state index in [1.165, 1.54) is 5.56 Å². The van der Waals surface area contributed by atoms with Gasteiger partial charge < -0.3 is 15.4 Å². The van der Waals surface area contributed by atoms with Gasteiger partial charge in [0.1, 0.15) is 0 Å². The minimum atomic E-state index is -0.811. The normalized spacial score (nSPS) is 23.5. The highest BCUT2D eigenvalue weighted by Gasteiger charge is 2.41. The van der Waals surface area contributed by atoms with Gasteiger partial charge in [-0.25, -0.2) is 0 Å². The highest BCUT2D eigenvalue weighted by atomic mass is 16.4. The van der Waals surface area contributed by atoms with Gasteiger partial charge in [-0.3, -0.25) is 9.59 Å². The third-order valence-corrected chi connectivity index (χ3v) is 5.48. The van der Waals surface area contributed by atoms with E-state index in [1.807, 2.05) is 13.1 Å². The first-order valence-corrected chi connectivity index (χ1v) is 8.99. The van der Waals surface area contributed by atoms with Crippen molar-refractivity contribution in [3.63, 3.8) is 0 Å². The highest BCUT2D eigenvalue weighted by molar-refractivity contribution is 5.85. The van der Waals surface area contributed by atoms with Crippen LogP contribution in [0.4, 0.5) is 0 Å². The second kappa shape index (κ2) is 6.90. The molecular formula is C20H26N2O3. The van der Waals surface area contributed by atoms with Crippen molar-refractivity contribution in [3.05, 3.63) is 35.5 Å². The molecule has 1 saturated carbocycles. The minimum absolute atomic E-state index is 0.0716. The number of carbonyl (C=O) groups is 2. The Bertz CT molecular complexity index is 795. The third kappa shape index (κ3) is 3.70. The maximum atomic E-state index is 12.5. The van der Waals surface area contributed by atoms with Gasteiger partial charge in [-0.05, 0) is 50.8 Å². The van der Waals surface area contributed by atoms with Crippen molar-refractivity contribution in [1.82, 2.24) is 10.3 Å². The molecule has 25 heavy (non-hydrogen) atoms. The van der Waals surface area contributed by atoms with Crippen LogP contribution in [0.25, 0.3) is 10.9 Å². The lowest BCUT2D eigenvalue weighted by Crippen LogP contribution is -2.55. The van der Waals surface area contributed by atoms with Gasteiger partial charge in [-0.2, -0.15) is 0 Å². The number of aromatic amines is 1. The average Bonchev–Trinajstić information content (AvgIpc) is 2.94. The molecule has 1 heterocycles. The third-order valence-electron chi connectivity index (χ3n) is 5.48. The van der Waals surface area contributed by atoms with E-state index in [2.05, 4.69) is 35.4 Å². The van der Waals surface area contributed by atoms with Gasteiger partial charge in [0.25, 0.3) is 0 Å². The highest BCUT2D eigenvalue weighted by Crippen LogP contribution is 2.34. The van der Waals surface area contributed by atoms with Crippen LogP contribution in [0, 0.1) is 12.8 Å². The summed E-state index contributed by atoms with van der Waals surface area (Å²) in [5.41, 5.74) is 2.75. The van der Waals surface area contributed by atoms with Gasteiger partial charge in [0.05, 0.1) is 11.5 Å². The monoisotopic (exact) mass is 342 g/mol. The van der Waals surface area contributed by atoms with E-state index in [0.717, 1.165) is 35.7 Å². The van der Waals surface area contributed by atoms with Crippen LogP contribution >= 0.6 is 0 Å². The molecular weight excluding hydrogens is 316 g/mol. The summed E-state index contributed by atoms with van der Waals surface area (Å²) < 4.78 is 0. The van der Waals surface area contributed by atoms with Gasteiger partial charge >= 0.3 is 5.97 Å². The molecule has 1 fully saturated rings. The molecule has 0 saturated heterocycles. The standard InChI is InChI=1S/C20H26N2O3/c1-13-6-8-17-15(11-13)14(12-21-17)7-9-18(23)22-20(2)10-4-3-5-16(20)19(24)25/h6,8,11-12,16,21H,3-5,7,9-10H2,1-2H3,(H,22,23)(H,24,25). The van der Waals surface area contributed by atoms with Gasteiger partial charge in [-0.15, -0.1) is 0 Å². The molecule has 134 valence electrons. The number of rotatable bonds is 5. The number of fused-ring (bicyclic) bond motifs is 1. The molecule has 2 atom stereocenters. The second-order valence-corrected chi connectivity index (χ2v) is 7.47. The number of hydrogen-bond donors (Lipinski definition) is 3. The number of hydrogen-bond acceptors (Lipinski definition) is 2. The Hall–Kier alpha value is -2.30. The van der Waals surface area contributed by atoms with Gasteiger partial charge in [0.2, 0.25) is 5.91 Å². The van der Waals surface area contributed by atoms with Gasteiger partial charge in [0.15, 0.2) is 0 Å². The summed E-state index contributed by atoms with van der Waals surface area (Å²) in [5.74, 6) is -1.38. The number of carbonyl (C=O) groups excluding carboxylic acids is 1. The van der Waals surface area contributed by atoms with Crippen LogP contribution in [-0.4, -0.2) is 27.5 Å². The number of carboxylic acid groups (broad SMARTS) is 1. The van der Waals surface area contributed by atoms with Gasteiger partial charge in [-0.1, -0.05) is 24.5 Å². The molecule has 0 bridgehead atoms. The summed E-state index contributed by atoms with van der Waals surface area (Å²) in [7, 11) is 0. The molecule has 0 radical (unpaired) electrons. The summed E-state index contributed by atoms with van der Waals surface area (Å²) in [4.78, 5) is 27.2. The number of H-pyrrole nitrogens is 1. The van der Waals surface area contributed by atoms with E-state index in [0.29, 0.717) is 19.3 Å². The summed E-state index contributed by atoms with van der Waals surface area (Å²) >= 11 is 0. The van der Waals surface area contributed by atoms with Crippen LogP contribution in [0.5, 0.6) is 0 Å². The summed E-state index contributed by atoms with van der Waals surface area (Å²) in [6.45, 7) is 3.93. The molecule has 1 aromatic carbocycles. The summed E-state index contributed by atoms with van der Waals surface area (Å²) in [6.07, 6.45) is 6.20. The number of benzene rings is 1. The van der Waals surface area contributed by atoms with Crippen LogP contribution in [-0.2, 0) is 16.0 Å². The number of aliphatic carboxylic acids is 1. The number of aromatic nitrogens is 1. The van der Waals surface area contributed by atoms with E-state index in [1.54, 1.807) is 0 Å². The molecule has 0 spiro atoms. The van der Waals surface area contributed by atoms with E-state index in [9.17, 15) is 14.7 Å². The zero-order chi connectivity index (χ0) is 18.0. The van der Waals surface area contributed by atoms with Crippen molar-refractivity contribution in [3.8, 4) is 0 Å². The van der Waals surface area contributed by atoms with E-state index < -0.39 is 17.4 Å². The number of nitrogens with one attached hydrogen (secondary N) is 2. The number of amides is 1. The largest absolute Gasteiger partial charge is 0.481 e. The van der Waals surface area contributed by atoms with Crippen LogP contribution in [0.3, 0.4) is 0 Å². The zero-order valence-corrected chi connectivity index (χ0v) is 14.9. The molecule has 2 aromatic rings. The fraction of sp³-hybridized carbons (Fsp3) is 0.500. The molecule has 1 aromatic heterocycles. The second-order valence-electron chi connectivity index (χ2n) is 7.47. The van der Waals surface area contributed by atoms with Crippen LogP contribution < -0.4 is 5.32 Å². The fourth-order valence-electron chi connectivity index (χ4n) is 4.01. The van der Waals surface area contributed by atoms with Crippen molar-refractivity contribution >= 4 is 22.8 Å². The average molecular weight is 342 g/mol. The first-order valence-electron chi connectivity index (χ1n) is 8.99. The molecule has 3 rings (SSSR count). The molecule has 0 aliphatic heterocycles. The van der Waals surface area contributed by atoms with E-state index >= 15 is 0 Å². The van der Waals surface area contributed by atoms with Crippen LogP contribution in [0.15, 0.2) is 24.4 Å². The van der Waals surface area contributed by atoms with Crippen molar-refractivity contribution in [2.75, 3.05) is 0 Å². The van der Waals surface area contributed by atoms with Crippen LogP contribution in [0.2, 0.25) is 0 Å². The van der Waals surface area contributed by atoms with Crippen molar-refractivity contribution < 1.29 is 14.7 Å². The number of carboxylic acids is 1. The molecule has 1 amide bonds. The maximum Gasteiger partial charge on any atom is 0.308 e. The van der Waals surface area contributed by atoms with Crippen LogP contribution in [0.1, 0.15) is 50.2 Å². The Labute approximate surface area is 147 Å². The van der Waals surface area contributed by atoms with Gasteiger partial charge in [0, 0.05) is 23.5 Å². The summed E-state index contributed by atoms with van der Waals surface area (Å²) in [6, 6.07) is 6.24. The lowest BCUT2D eigenvalue weighted by atomic mass is 9.74. The maximum absolute atomic E-state index is 12.5. The van der Waals surface area contributed by atoms with E-state index in [-0.39, 0.29) is 5.91 Å². The molecule has 1 aliphatic rings. The predicted molar refractivity (Wildman–Crippen MR) is 97.5 cm³/mol. The Morgan fingerprint density at radius 3 is 2.92 bits per heavy atom. The molecule has 1 aliphatic carbocycles. The van der Waals surface area contributed by atoms with E-state index in [4.69, 9.17) is 0 Å². The first-order chi connectivity index (χ1) is 11.9. The van der Waals surface area contributed by atoms with Crippen molar-refractivity contribution in [2.24, 2.45) is 5.92 Å². The lowest BCUT2D eigenvalue weighted by Gasteiger charge is -2.39. The van der Waals surface area contributed by atoms with Crippen molar-refractivity contribution in [2.45, 2.75) is 57.9 Å². The molecule has 5 heteroatoms.